The minimum atomic E-state index is -0.786. The molecule has 140 valence electrons. The molecule has 1 atom stereocenters. The number of rotatable bonds is 5. The van der Waals surface area contributed by atoms with Gasteiger partial charge in [0.15, 0.2) is 11.3 Å². The number of carboxylic acids is 1. The Morgan fingerprint density at radius 1 is 1.38 bits per heavy atom. The molecule has 0 radical (unpaired) electrons. The number of nitrogens with zero attached hydrogens (tertiary/aromatic N) is 1. The van der Waals surface area contributed by atoms with E-state index in [9.17, 15) is 9.59 Å². The number of furan rings is 1. The standard InChI is InChI=1S/C19H24N2O5/c1-3-25-15-6-4-5-14-11-16(26-17(14)15)12(2)20-19(24)21-9-7-13(8-10-21)18(22)23/h4-6,11-13H,3,7-10H2,1-2H3,(H,20,24)(H,22,23). The van der Waals surface area contributed by atoms with Gasteiger partial charge < -0.3 is 24.5 Å². The van der Waals surface area contributed by atoms with Gasteiger partial charge in [-0.15, -0.1) is 0 Å². The molecule has 0 aliphatic carbocycles. The summed E-state index contributed by atoms with van der Waals surface area (Å²) in [7, 11) is 0. The molecule has 1 aliphatic heterocycles. The maximum absolute atomic E-state index is 12.4. The van der Waals surface area contributed by atoms with Crippen molar-refractivity contribution in [1.82, 2.24) is 10.2 Å². The van der Waals surface area contributed by atoms with Gasteiger partial charge in [-0.1, -0.05) is 12.1 Å². The van der Waals surface area contributed by atoms with Crippen LogP contribution in [0.25, 0.3) is 11.0 Å². The third-order valence-corrected chi connectivity index (χ3v) is 4.73. The van der Waals surface area contributed by atoms with Crippen LogP contribution in [-0.2, 0) is 4.79 Å². The van der Waals surface area contributed by atoms with Crippen molar-refractivity contribution in [1.29, 1.82) is 0 Å². The summed E-state index contributed by atoms with van der Waals surface area (Å²) < 4.78 is 11.5. The number of nitrogens with one attached hydrogen (secondary N) is 1. The normalized spacial score (nSPS) is 16.5. The second-order valence-corrected chi connectivity index (χ2v) is 6.53. The number of hydrogen-bond acceptors (Lipinski definition) is 4. The van der Waals surface area contributed by atoms with Gasteiger partial charge in [-0.25, -0.2) is 4.79 Å². The molecule has 7 nitrogen and oxygen atoms in total. The van der Waals surface area contributed by atoms with Crippen LogP contribution in [0, 0.1) is 5.92 Å². The number of hydrogen-bond donors (Lipinski definition) is 2. The summed E-state index contributed by atoms with van der Waals surface area (Å²) in [4.78, 5) is 25.1. The molecule has 26 heavy (non-hydrogen) atoms. The van der Waals surface area contributed by atoms with Crippen molar-refractivity contribution in [3.8, 4) is 5.75 Å². The quantitative estimate of drug-likeness (QED) is 0.853. The van der Waals surface area contributed by atoms with Crippen molar-refractivity contribution < 1.29 is 23.8 Å². The van der Waals surface area contributed by atoms with Gasteiger partial charge >= 0.3 is 12.0 Å². The Bertz CT molecular complexity index is 792. The molecule has 1 saturated heterocycles. The van der Waals surface area contributed by atoms with Gasteiger partial charge in [-0.05, 0) is 38.8 Å². The number of piperidine rings is 1. The summed E-state index contributed by atoms with van der Waals surface area (Å²) >= 11 is 0. The average Bonchev–Trinajstić information content (AvgIpc) is 3.07. The average molecular weight is 360 g/mol. The van der Waals surface area contributed by atoms with Gasteiger partial charge in [0.05, 0.1) is 18.6 Å². The monoisotopic (exact) mass is 360 g/mol. The molecule has 0 bridgehead atoms. The fraction of sp³-hybridized carbons (Fsp3) is 0.474. The van der Waals surface area contributed by atoms with Crippen molar-refractivity contribution in [2.75, 3.05) is 19.7 Å². The fourth-order valence-electron chi connectivity index (χ4n) is 3.22. The van der Waals surface area contributed by atoms with Crippen LogP contribution in [0.3, 0.4) is 0 Å². The number of fused-ring (bicyclic) bond motifs is 1. The first-order valence-electron chi connectivity index (χ1n) is 8.93. The van der Waals surface area contributed by atoms with E-state index in [-0.39, 0.29) is 18.0 Å². The maximum Gasteiger partial charge on any atom is 0.317 e. The number of likely N-dealkylation sites (tertiary alicyclic amines) is 1. The number of ether oxygens (including phenoxy) is 1. The predicted octanol–water partition coefficient (Wildman–Crippen LogP) is 3.40. The van der Waals surface area contributed by atoms with E-state index in [2.05, 4.69) is 5.32 Å². The molecule has 1 aromatic carbocycles. The van der Waals surface area contributed by atoms with Crippen LogP contribution < -0.4 is 10.1 Å². The third-order valence-electron chi connectivity index (χ3n) is 4.73. The Balaban J connectivity index is 1.65. The minimum absolute atomic E-state index is 0.202. The van der Waals surface area contributed by atoms with E-state index < -0.39 is 5.97 Å². The van der Waals surface area contributed by atoms with Crippen molar-refractivity contribution >= 4 is 23.0 Å². The lowest BCUT2D eigenvalue weighted by atomic mass is 9.97. The number of aliphatic carboxylic acids is 1. The van der Waals surface area contributed by atoms with Crippen LogP contribution in [0.4, 0.5) is 4.79 Å². The molecule has 2 aromatic rings. The van der Waals surface area contributed by atoms with Gasteiger partial charge in [0, 0.05) is 18.5 Å². The smallest absolute Gasteiger partial charge is 0.317 e. The second-order valence-electron chi connectivity index (χ2n) is 6.53. The molecule has 2 heterocycles. The van der Waals surface area contributed by atoms with Crippen molar-refractivity contribution in [2.45, 2.75) is 32.7 Å². The lowest BCUT2D eigenvalue weighted by molar-refractivity contribution is -0.143. The van der Waals surface area contributed by atoms with Crippen LogP contribution >= 0.6 is 0 Å². The lowest BCUT2D eigenvalue weighted by Gasteiger charge is -2.30. The number of carbonyl (C=O) groups excluding carboxylic acids is 1. The Hall–Kier alpha value is -2.70. The molecule has 7 heteroatoms. The molecular formula is C19H24N2O5. The first-order chi connectivity index (χ1) is 12.5. The van der Waals surface area contributed by atoms with Gasteiger partial charge in [0.2, 0.25) is 0 Å². The van der Waals surface area contributed by atoms with E-state index in [0.29, 0.717) is 49.6 Å². The summed E-state index contributed by atoms with van der Waals surface area (Å²) in [6.45, 7) is 5.22. The number of para-hydroxylation sites is 1. The second kappa shape index (κ2) is 7.68. The molecule has 2 N–H and O–H groups in total. The highest BCUT2D eigenvalue weighted by Gasteiger charge is 2.28. The summed E-state index contributed by atoms with van der Waals surface area (Å²) in [5.41, 5.74) is 0.674. The molecule has 0 spiro atoms. The lowest BCUT2D eigenvalue weighted by Crippen LogP contribution is -2.46. The Morgan fingerprint density at radius 2 is 2.12 bits per heavy atom. The Morgan fingerprint density at radius 3 is 2.77 bits per heavy atom. The highest BCUT2D eigenvalue weighted by Crippen LogP contribution is 2.31. The zero-order chi connectivity index (χ0) is 18.7. The summed E-state index contributed by atoms with van der Waals surface area (Å²) in [6, 6.07) is 7.10. The molecule has 3 rings (SSSR count). The van der Waals surface area contributed by atoms with Crippen molar-refractivity contribution in [3.63, 3.8) is 0 Å². The first-order valence-corrected chi connectivity index (χ1v) is 8.93. The number of carbonyl (C=O) groups is 2. The first kappa shape index (κ1) is 18.1. The van der Waals surface area contributed by atoms with Gasteiger partial charge in [0.1, 0.15) is 5.76 Å². The number of carboxylic acid groups (broad SMARTS) is 1. The highest BCUT2D eigenvalue weighted by molar-refractivity contribution is 5.84. The van der Waals surface area contributed by atoms with E-state index in [0.717, 1.165) is 5.39 Å². The number of urea groups is 1. The van der Waals surface area contributed by atoms with Crippen LogP contribution in [0.15, 0.2) is 28.7 Å². The summed E-state index contributed by atoms with van der Waals surface area (Å²) in [5, 5.41) is 12.9. The molecule has 1 aliphatic rings. The number of benzene rings is 1. The van der Waals surface area contributed by atoms with Gasteiger partial charge in [-0.2, -0.15) is 0 Å². The minimum Gasteiger partial charge on any atom is -0.490 e. The topological polar surface area (TPSA) is 92.0 Å². The predicted molar refractivity (Wildman–Crippen MR) is 96.3 cm³/mol. The Kier molecular flexibility index (Phi) is 5.35. The van der Waals surface area contributed by atoms with E-state index in [1.165, 1.54) is 0 Å². The van der Waals surface area contributed by atoms with Gasteiger partial charge in [0.25, 0.3) is 0 Å². The largest absolute Gasteiger partial charge is 0.490 e. The SMILES string of the molecule is CCOc1cccc2cc(C(C)NC(=O)N3CCC(C(=O)O)CC3)oc12. The van der Waals surface area contributed by atoms with Crippen molar-refractivity contribution in [3.05, 3.63) is 30.0 Å². The molecule has 0 saturated carbocycles. The highest BCUT2D eigenvalue weighted by atomic mass is 16.5. The van der Waals surface area contributed by atoms with Crippen LogP contribution in [0.5, 0.6) is 5.75 Å². The zero-order valence-corrected chi connectivity index (χ0v) is 15.0. The van der Waals surface area contributed by atoms with E-state index in [1.54, 1.807) is 4.90 Å². The molecule has 1 unspecified atom stereocenters. The van der Waals surface area contributed by atoms with Gasteiger partial charge in [-0.3, -0.25) is 4.79 Å². The molecule has 2 amide bonds. The Labute approximate surface area is 151 Å². The van der Waals surface area contributed by atoms with Crippen LogP contribution in [-0.4, -0.2) is 41.7 Å². The fourth-order valence-corrected chi connectivity index (χ4v) is 3.22. The molecular weight excluding hydrogens is 336 g/mol. The van der Waals surface area contributed by atoms with Crippen LogP contribution in [0.2, 0.25) is 0 Å². The van der Waals surface area contributed by atoms with E-state index >= 15 is 0 Å². The zero-order valence-electron chi connectivity index (χ0n) is 15.0. The maximum atomic E-state index is 12.4. The van der Waals surface area contributed by atoms with Crippen LogP contribution in [0.1, 0.15) is 38.5 Å². The summed E-state index contributed by atoms with van der Waals surface area (Å²) in [6.07, 6.45) is 0.971. The van der Waals surface area contributed by atoms with E-state index in [1.807, 2.05) is 38.1 Å². The third kappa shape index (κ3) is 3.76. The summed E-state index contributed by atoms with van der Waals surface area (Å²) in [5.74, 6) is 0.195. The van der Waals surface area contributed by atoms with Crippen molar-refractivity contribution in [2.24, 2.45) is 5.92 Å². The number of amides is 2. The molecule has 1 fully saturated rings. The molecule has 1 aromatic heterocycles. The van der Waals surface area contributed by atoms with E-state index in [4.69, 9.17) is 14.3 Å².